The van der Waals surface area contributed by atoms with Gasteiger partial charge in [-0.15, -0.1) is 0 Å². The summed E-state index contributed by atoms with van der Waals surface area (Å²) in [5.74, 6) is -2.34. The van der Waals surface area contributed by atoms with Crippen LogP contribution in [-0.2, 0) is 14.1 Å². The molecule has 1 unspecified atom stereocenters. The molecule has 13 nitrogen and oxygen atoms in total. The van der Waals surface area contributed by atoms with E-state index in [1.807, 2.05) is 61.5 Å². The molecule has 0 aliphatic carbocycles. The van der Waals surface area contributed by atoms with Crippen LogP contribution < -0.4 is 22.6 Å². The molecular weight excluding hydrogens is 580 g/mol. The van der Waals surface area contributed by atoms with Crippen LogP contribution in [0.3, 0.4) is 0 Å². The van der Waals surface area contributed by atoms with E-state index in [4.69, 9.17) is 15.2 Å². The molecule has 0 aliphatic heterocycles. The Morgan fingerprint density at radius 3 is 2.31 bits per heavy atom. The number of benzene rings is 3. The third kappa shape index (κ3) is 4.76. The van der Waals surface area contributed by atoms with Gasteiger partial charge in [-0.3, -0.25) is 24.0 Å². The van der Waals surface area contributed by atoms with Crippen LogP contribution in [0.2, 0.25) is 0 Å². The Balaban J connectivity index is 1.78. The number of aryl methyl sites for hydroxylation is 1. The van der Waals surface area contributed by atoms with Gasteiger partial charge in [-0.05, 0) is 25.1 Å². The zero-order chi connectivity index (χ0) is 32.2. The quantitative estimate of drug-likeness (QED) is 0.162. The second-order valence-electron chi connectivity index (χ2n) is 10.6. The van der Waals surface area contributed by atoms with Gasteiger partial charge in [0.1, 0.15) is 17.2 Å². The van der Waals surface area contributed by atoms with Crippen molar-refractivity contribution in [2.24, 2.45) is 14.1 Å². The van der Waals surface area contributed by atoms with E-state index in [2.05, 4.69) is 0 Å². The summed E-state index contributed by atoms with van der Waals surface area (Å²) >= 11 is 0. The Kier molecular flexibility index (Phi) is 6.92. The third-order valence-corrected chi connectivity index (χ3v) is 7.83. The van der Waals surface area contributed by atoms with Crippen LogP contribution in [0, 0.1) is 17.0 Å². The zero-order valence-corrected chi connectivity index (χ0v) is 24.3. The van der Waals surface area contributed by atoms with Crippen molar-refractivity contribution in [1.29, 1.82) is 0 Å². The zero-order valence-electron chi connectivity index (χ0n) is 24.3. The highest BCUT2D eigenvalue weighted by Crippen LogP contribution is 2.42. The van der Waals surface area contributed by atoms with Crippen LogP contribution in [0.5, 0.6) is 5.75 Å². The van der Waals surface area contributed by atoms with Crippen LogP contribution in [0.1, 0.15) is 28.2 Å². The molecule has 0 fully saturated rings. The average Bonchev–Trinajstić information content (AvgIpc) is 3.48. The number of non-ortho nitro benzene ring substituents is 1. The molecule has 45 heavy (non-hydrogen) atoms. The van der Waals surface area contributed by atoms with Crippen molar-refractivity contribution in [3.63, 3.8) is 0 Å². The summed E-state index contributed by atoms with van der Waals surface area (Å²) in [6, 6.07) is 19.9. The summed E-state index contributed by atoms with van der Waals surface area (Å²) in [5, 5.41) is 28.0. The molecule has 0 aliphatic rings. The van der Waals surface area contributed by atoms with E-state index >= 15 is 0 Å². The standard InChI is InChI=1S/C32H26N6O7/c1-17-9-11-18(12-10-17)27-22(16-37(34-27)19-7-5-4-6-8-19)24(26-29(33)35(2)32(42)36(3)30(26)40)25-28(39)21-15-20(38(43)44)13-14-23(21)45-31(25)41/h4-16,24,39H,33H2,1-3H3. The van der Waals surface area contributed by atoms with Gasteiger partial charge in [0.25, 0.3) is 11.2 Å². The van der Waals surface area contributed by atoms with Crippen LogP contribution >= 0.6 is 0 Å². The maximum absolute atomic E-state index is 13.9. The number of anilines is 1. The highest BCUT2D eigenvalue weighted by atomic mass is 16.6. The molecule has 0 saturated carbocycles. The summed E-state index contributed by atoms with van der Waals surface area (Å²) in [6.45, 7) is 1.92. The molecular formula is C32H26N6O7. The fraction of sp³-hybridized carbons (Fsp3) is 0.125. The van der Waals surface area contributed by atoms with E-state index in [-0.39, 0.29) is 33.6 Å². The highest BCUT2D eigenvalue weighted by molar-refractivity contribution is 5.87. The molecule has 3 aromatic heterocycles. The molecule has 1 atom stereocenters. The van der Waals surface area contributed by atoms with Crippen molar-refractivity contribution in [2.75, 3.05) is 5.73 Å². The van der Waals surface area contributed by atoms with Crippen molar-refractivity contribution >= 4 is 22.5 Å². The molecule has 0 amide bonds. The van der Waals surface area contributed by atoms with E-state index in [9.17, 15) is 29.6 Å². The van der Waals surface area contributed by atoms with Gasteiger partial charge in [-0.1, -0.05) is 48.0 Å². The number of rotatable bonds is 6. The second kappa shape index (κ2) is 10.8. The van der Waals surface area contributed by atoms with Gasteiger partial charge in [0, 0.05) is 43.6 Å². The van der Waals surface area contributed by atoms with Gasteiger partial charge in [-0.25, -0.2) is 14.3 Å². The fourth-order valence-electron chi connectivity index (χ4n) is 5.42. The summed E-state index contributed by atoms with van der Waals surface area (Å²) < 4.78 is 9.03. The van der Waals surface area contributed by atoms with Gasteiger partial charge < -0.3 is 15.3 Å². The summed E-state index contributed by atoms with van der Waals surface area (Å²) in [4.78, 5) is 51.4. The highest BCUT2D eigenvalue weighted by Gasteiger charge is 2.35. The maximum Gasteiger partial charge on any atom is 0.344 e. The Morgan fingerprint density at radius 2 is 1.64 bits per heavy atom. The number of hydrogen-bond donors (Lipinski definition) is 2. The number of nitro benzene ring substituents is 1. The molecule has 3 aromatic carbocycles. The monoisotopic (exact) mass is 606 g/mol. The van der Waals surface area contributed by atoms with Crippen molar-refractivity contribution in [2.45, 2.75) is 12.8 Å². The van der Waals surface area contributed by atoms with E-state index in [1.54, 1.807) is 10.9 Å². The topological polar surface area (TPSA) is 181 Å². The van der Waals surface area contributed by atoms with E-state index in [0.717, 1.165) is 26.8 Å². The number of hydrogen-bond acceptors (Lipinski definition) is 9. The smallest absolute Gasteiger partial charge is 0.344 e. The maximum atomic E-state index is 13.9. The van der Waals surface area contributed by atoms with E-state index in [1.165, 1.54) is 20.2 Å². The van der Waals surface area contributed by atoms with Crippen molar-refractivity contribution in [1.82, 2.24) is 18.9 Å². The number of nitrogen functional groups attached to an aromatic ring is 1. The number of nitro groups is 1. The fourth-order valence-corrected chi connectivity index (χ4v) is 5.42. The average molecular weight is 607 g/mol. The van der Waals surface area contributed by atoms with Gasteiger partial charge in [0.2, 0.25) is 0 Å². The third-order valence-electron chi connectivity index (χ3n) is 7.83. The van der Waals surface area contributed by atoms with Gasteiger partial charge in [0.05, 0.1) is 38.7 Å². The first-order chi connectivity index (χ1) is 21.5. The lowest BCUT2D eigenvalue weighted by molar-refractivity contribution is -0.384. The lowest BCUT2D eigenvalue weighted by Crippen LogP contribution is -2.41. The molecule has 226 valence electrons. The first kappa shape index (κ1) is 28.9. The molecule has 13 heteroatoms. The molecule has 0 spiro atoms. The number of fused-ring (bicyclic) bond motifs is 1. The molecule has 3 N–H and O–H groups in total. The van der Waals surface area contributed by atoms with Crippen molar-refractivity contribution < 1.29 is 14.4 Å². The Labute approximate surface area is 253 Å². The van der Waals surface area contributed by atoms with Gasteiger partial charge in [-0.2, -0.15) is 5.10 Å². The van der Waals surface area contributed by atoms with E-state index in [0.29, 0.717) is 16.9 Å². The predicted molar refractivity (Wildman–Crippen MR) is 167 cm³/mol. The molecule has 0 saturated heterocycles. The number of nitrogens with two attached hydrogens (primary N) is 1. The number of para-hydroxylation sites is 1. The molecule has 6 aromatic rings. The van der Waals surface area contributed by atoms with Gasteiger partial charge in [0.15, 0.2) is 0 Å². The minimum Gasteiger partial charge on any atom is -0.507 e. The number of aromatic nitrogens is 4. The lowest BCUT2D eigenvalue weighted by Gasteiger charge is -2.21. The minimum atomic E-state index is -1.44. The lowest BCUT2D eigenvalue weighted by atomic mass is 9.84. The molecule has 0 radical (unpaired) electrons. The summed E-state index contributed by atoms with van der Waals surface area (Å²) in [6.07, 6.45) is 1.61. The number of aromatic hydroxyl groups is 1. The Morgan fingerprint density at radius 1 is 0.956 bits per heavy atom. The van der Waals surface area contributed by atoms with E-state index < -0.39 is 39.0 Å². The van der Waals surface area contributed by atoms with Crippen molar-refractivity contribution in [3.8, 4) is 22.7 Å². The SMILES string of the molecule is Cc1ccc(-c2nn(-c3ccccc3)cc2C(c2c(O)c3cc([N+](=O)[O-])ccc3oc2=O)c2c(N)n(C)c(=O)n(C)c2=O)cc1. The summed E-state index contributed by atoms with van der Waals surface area (Å²) in [5.41, 5.74) is 5.71. The second-order valence-corrected chi connectivity index (χ2v) is 10.6. The predicted octanol–water partition coefficient (Wildman–Crippen LogP) is 3.73. The first-order valence-electron chi connectivity index (χ1n) is 13.7. The van der Waals surface area contributed by atoms with Gasteiger partial charge >= 0.3 is 11.3 Å². The minimum absolute atomic E-state index is 0.106. The molecule has 0 bridgehead atoms. The van der Waals surface area contributed by atoms with Crippen molar-refractivity contribution in [3.05, 3.63) is 143 Å². The Hall–Kier alpha value is -6.24. The van der Waals surface area contributed by atoms with Crippen LogP contribution in [0.15, 0.2) is 97.8 Å². The van der Waals surface area contributed by atoms with Crippen LogP contribution in [0.4, 0.5) is 11.5 Å². The molecule has 3 heterocycles. The van der Waals surface area contributed by atoms with Crippen LogP contribution in [0.25, 0.3) is 27.9 Å². The Bertz CT molecular complexity index is 2320. The molecule has 6 rings (SSSR count). The first-order valence-corrected chi connectivity index (χ1v) is 13.7. The largest absolute Gasteiger partial charge is 0.507 e. The normalized spacial score (nSPS) is 12.0. The summed E-state index contributed by atoms with van der Waals surface area (Å²) in [7, 11) is 2.64. The number of nitrogens with zero attached hydrogens (tertiary/aromatic N) is 5. The van der Waals surface area contributed by atoms with Crippen LogP contribution in [-0.4, -0.2) is 28.9 Å².